The van der Waals surface area contributed by atoms with E-state index in [2.05, 4.69) is 0 Å². The highest BCUT2D eigenvalue weighted by Gasteiger charge is 2.19. The number of carbonyl (C=O) groups is 3. The molecule has 190 valence electrons. The van der Waals surface area contributed by atoms with Crippen molar-refractivity contribution in [2.24, 2.45) is 0 Å². The molecule has 0 aliphatic rings. The Morgan fingerprint density at radius 1 is 0.892 bits per heavy atom. The fraction of sp³-hybridized carbons (Fsp3) is 0.233. The number of benzene rings is 2. The molecular weight excluding hydrogens is 468 g/mol. The van der Waals surface area contributed by atoms with Crippen LogP contribution in [0.15, 0.2) is 85.1 Å². The minimum absolute atomic E-state index is 0.145. The number of aromatic nitrogens is 1. The molecule has 0 atom stereocenters. The number of rotatable bonds is 10. The quantitative estimate of drug-likeness (QED) is 0.203. The van der Waals surface area contributed by atoms with Crippen molar-refractivity contribution in [2.45, 2.75) is 32.8 Å². The number of nitrogens with zero attached hydrogens (tertiary/aromatic N) is 2. The molecule has 0 bridgehead atoms. The maximum Gasteiger partial charge on any atom is 0.414 e. The van der Waals surface area contributed by atoms with E-state index in [4.69, 9.17) is 9.47 Å². The van der Waals surface area contributed by atoms with Gasteiger partial charge >= 0.3 is 12.1 Å². The number of ether oxygens (including phenoxy) is 2. The molecule has 0 fully saturated rings. The molecule has 0 saturated heterocycles. The molecule has 7 nitrogen and oxygen atoms in total. The summed E-state index contributed by atoms with van der Waals surface area (Å²) in [4.78, 5) is 39.3. The third-order valence-electron chi connectivity index (χ3n) is 6.09. The van der Waals surface area contributed by atoms with E-state index in [1.807, 2.05) is 65.2 Å². The average Bonchev–Trinajstić information content (AvgIpc) is 3.30. The molecule has 0 aliphatic carbocycles. The lowest BCUT2D eigenvalue weighted by atomic mass is 10.0. The molecule has 2 aromatic carbocycles. The zero-order valence-electron chi connectivity index (χ0n) is 21.1. The SMILES string of the molecule is CCOC(=O)CCCc1cc(C(=O)c2cccc(N(C)C(=O)OCc3ccccc3)c2)c2ccccn12. The topological polar surface area (TPSA) is 77.3 Å². The van der Waals surface area contributed by atoms with Gasteiger partial charge in [0.05, 0.1) is 12.1 Å². The van der Waals surface area contributed by atoms with Gasteiger partial charge in [0, 0.05) is 42.2 Å². The molecule has 0 spiro atoms. The largest absolute Gasteiger partial charge is 0.466 e. The van der Waals surface area contributed by atoms with Crippen LogP contribution < -0.4 is 4.90 Å². The number of ketones is 1. The van der Waals surface area contributed by atoms with Crippen LogP contribution in [0.5, 0.6) is 0 Å². The molecule has 2 heterocycles. The number of anilines is 1. The predicted molar refractivity (Wildman–Crippen MR) is 142 cm³/mol. The van der Waals surface area contributed by atoms with Gasteiger partial charge in [-0.05, 0) is 55.7 Å². The fourth-order valence-electron chi connectivity index (χ4n) is 4.18. The highest BCUT2D eigenvalue weighted by Crippen LogP contribution is 2.24. The second-order valence-corrected chi connectivity index (χ2v) is 8.64. The maximum atomic E-state index is 13.6. The summed E-state index contributed by atoms with van der Waals surface area (Å²) in [6, 6.07) is 24.0. The lowest BCUT2D eigenvalue weighted by Crippen LogP contribution is -2.27. The van der Waals surface area contributed by atoms with Gasteiger partial charge < -0.3 is 13.9 Å². The number of amides is 1. The normalized spacial score (nSPS) is 10.8. The van der Waals surface area contributed by atoms with Gasteiger partial charge in [-0.25, -0.2) is 4.79 Å². The molecule has 0 unspecified atom stereocenters. The summed E-state index contributed by atoms with van der Waals surface area (Å²) >= 11 is 0. The van der Waals surface area contributed by atoms with Crippen LogP contribution in [-0.4, -0.2) is 35.9 Å². The van der Waals surface area contributed by atoms with Gasteiger partial charge in [-0.15, -0.1) is 0 Å². The molecule has 7 heteroatoms. The van der Waals surface area contributed by atoms with Crippen LogP contribution in [0.3, 0.4) is 0 Å². The van der Waals surface area contributed by atoms with Crippen molar-refractivity contribution in [2.75, 3.05) is 18.6 Å². The van der Waals surface area contributed by atoms with Gasteiger partial charge in [0.15, 0.2) is 5.78 Å². The van der Waals surface area contributed by atoms with Crippen LogP contribution in [0.4, 0.5) is 10.5 Å². The molecule has 0 N–H and O–H groups in total. The standard InChI is InChI=1S/C30H30N2O5/c1-3-36-28(33)17-10-15-25-20-26(27-16-7-8-18-32(25)27)29(34)23-13-9-14-24(19-23)31(2)30(35)37-21-22-11-5-4-6-12-22/h4-9,11-14,16,18-20H,3,10,15,17,21H2,1-2H3. The van der Waals surface area contributed by atoms with Crippen molar-refractivity contribution >= 4 is 29.0 Å². The number of hydrogen-bond acceptors (Lipinski definition) is 5. The van der Waals surface area contributed by atoms with Gasteiger partial charge in [-0.2, -0.15) is 0 Å². The van der Waals surface area contributed by atoms with Crippen molar-refractivity contribution in [3.63, 3.8) is 0 Å². The third kappa shape index (κ3) is 6.25. The Kier molecular flexibility index (Phi) is 8.36. The Hall–Kier alpha value is -4.39. The van der Waals surface area contributed by atoms with Crippen molar-refractivity contribution in [3.05, 3.63) is 107 Å². The van der Waals surface area contributed by atoms with Crippen LogP contribution in [0.25, 0.3) is 5.52 Å². The van der Waals surface area contributed by atoms with E-state index in [1.54, 1.807) is 38.2 Å². The van der Waals surface area contributed by atoms with Crippen molar-refractivity contribution in [1.29, 1.82) is 0 Å². The second kappa shape index (κ2) is 12.0. The summed E-state index contributed by atoms with van der Waals surface area (Å²) in [7, 11) is 1.62. The smallest absolute Gasteiger partial charge is 0.414 e. The Morgan fingerprint density at radius 2 is 1.68 bits per heavy atom. The first-order valence-electron chi connectivity index (χ1n) is 12.3. The van der Waals surface area contributed by atoms with E-state index in [0.29, 0.717) is 42.7 Å². The molecule has 0 saturated carbocycles. The first kappa shape index (κ1) is 25.7. The Morgan fingerprint density at radius 3 is 2.46 bits per heavy atom. The molecule has 2 aromatic heterocycles. The Labute approximate surface area is 216 Å². The van der Waals surface area contributed by atoms with E-state index in [1.165, 1.54) is 4.90 Å². The summed E-state index contributed by atoms with van der Waals surface area (Å²) in [6.07, 6.45) is 2.99. The molecule has 37 heavy (non-hydrogen) atoms. The van der Waals surface area contributed by atoms with Crippen LogP contribution in [0.1, 0.15) is 46.9 Å². The zero-order chi connectivity index (χ0) is 26.2. The zero-order valence-corrected chi connectivity index (χ0v) is 21.1. The monoisotopic (exact) mass is 498 g/mol. The number of hydrogen-bond donors (Lipinski definition) is 0. The van der Waals surface area contributed by atoms with Gasteiger partial charge in [0.1, 0.15) is 6.61 Å². The summed E-state index contributed by atoms with van der Waals surface area (Å²) in [5.74, 6) is -0.365. The van der Waals surface area contributed by atoms with E-state index < -0.39 is 6.09 Å². The highest BCUT2D eigenvalue weighted by atomic mass is 16.6. The summed E-state index contributed by atoms with van der Waals surface area (Å²) in [5, 5.41) is 0. The molecule has 1 amide bonds. The van der Waals surface area contributed by atoms with E-state index in [0.717, 1.165) is 16.8 Å². The summed E-state index contributed by atoms with van der Waals surface area (Å²) in [6.45, 7) is 2.32. The van der Waals surface area contributed by atoms with E-state index >= 15 is 0 Å². The van der Waals surface area contributed by atoms with Gasteiger partial charge in [-0.1, -0.05) is 48.5 Å². The number of esters is 1. The first-order valence-corrected chi connectivity index (χ1v) is 12.3. The third-order valence-corrected chi connectivity index (χ3v) is 6.09. The summed E-state index contributed by atoms with van der Waals surface area (Å²) in [5.41, 5.74) is 4.22. The number of pyridine rings is 1. The van der Waals surface area contributed by atoms with Crippen LogP contribution in [-0.2, 0) is 27.3 Å². The maximum absolute atomic E-state index is 13.6. The van der Waals surface area contributed by atoms with Crippen LogP contribution >= 0.6 is 0 Å². The first-order chi connectivity index (χ1) is 18.0. The number of aryl methyl sites for hydroxylation is 1. The fourth-order valence-corrected chi connectivity index (χ4v) is 4.18. The van der Waals surface area contributed by atoms with Gasteiger partial charge in [0.25, 0.3) is 0 Å². The molecule has 0 aliphatic heterocycles. The van der Waals surface area contributed by atoms with Crippen LogP contribution in [0, 0.1) is 0 Å². The molecule has 0 radical (unpaired) electrons. The van der Waals surface area contributed by atoms with Gasteiger partial charge in [0.2, 0.25) is 0 Å². The van der Waals surface area contributed by atoms with E-state index in [-0.39, 0.29) is 18.4 Å². The average molecular weight is 499 g/mol. The lowest BCUT2D eigenvalue weighted by Gasteiger charge is -2.18. The van der Waals surface area contributed by atoms with Crippen molar-refractivity contribution < 1.29 is 23.9 Å². The Balaban J connectivity index is 1.50. The molecule has 4 rings (SSSR count). The Bertz CT molecular complexity index is 1390. The summed E-state index contributed by atoms with van der Waals surface area (Å²) < 4.78 is 12.4. The van der Waals surface area contributed by atoms with E-state index in [9.17, 15) is 14.4 Å². The van der Waals surface area contributed by atoms with Crippen molar-refractivity contribution in [1.82, 2.24) is 4.40 Å². The van der Waals surface area contributed by atoms with Crippen molar-refractivity contribution in [3.8, 4) is 0 Å². The predicted octanol–water partition coefficient (Wildman–Crippen LogP) is 5.83. The molecule has 4 aromatic rings. The molecular formula is C30H30N2O5. The minimum atomic E-state index is -0.508. The lowest BCUT2D eigenvalue weighted by molar-refractivity contribution is -0.143. The van der Waals surface area contributed by atoms with Crippen LogP contribution in [0.2, 0.25) is 0 Å². The second-order valence-electron chi connectivity index (χ2n) is 8.64. The number of carbonyl (C=O) groups excluding carboxylic acids is 3. The van der Waals surface area contributed by atoms with Gasteiger partial charge in [-0.3, -0.25) is 14.5 Å². The number of fused-ring (bicyclic) bond motifs is 1. The minimum Gasteiger partial charge on any atom is -0.466 e. The highest BCUT2D eigenvalue weighted by molar-refractivity contribution is 6.14.